The lowest BCUT2D eigenvalue weighted by atomic mass is 9.99. The Bertz CT molecular complexity index is 617. The Morgan fingerprint density at radius 3 is 2.60 bits per heavy atom. The van der Waals surface area contributed by atoms with Gasteiger partial charge < -0.3 is 0 Å². The number of benzene rings is 1. The number of alkyl halides is 3. The van der Waals surface area contributed by atoms with Gasteiger partial charge in [-0.25, -0.2) is 0 Å². The number of carbonyl (C=O) groups is 1. The summed E-state index contributed by atoms with van der Waals surface area (Å²) in [6.07, 6.45) is -1.46. The standard InChI is InChI=1S/C14H13F3N2O/c1-2-19-9-10(8-18-19)7-13(20)11-5-3-4-6-12(11)14(15,16)17/h3-6,8-9H,2,7H2,1H3. The molecule has 0 fully saturated rings. The van der Waals surface area contributed by atoms with E-state index in [9.17, 15) is 18.0 Å². The summed E-state index contributed by atoms with van der Waals surface area (Å²) in [5, 5.41) is 3.99. The Hall–Kier alpha value is -2.11. The van der Waals surface area contributed by atoms with Gasteiger partial charge in [0, 0.05) is 24.7 Å². The van der Waals surface area contributed by atoms with Crippen molar-refractivity contribution >= 4 is 5.78 Å². The molecule has 0 radical (unpaired) electrons. The Morgan fingerprint density at radius 2 is 2.00 bits per heavy atom. The van der Waals surface area contributed by atoms with E-state index < -0.39 is 17.5 Å². The summed E-state index contributed by atoms with van der Waals surface area (Å²) in [5.74, 6) is -0.562. The smallest absolute Gasteiger partial charge is 0.294 e. The molecule has 2 rings (SSSR count). The molecule has 0 aliphatic rings. The highest BCUT2D eigenvalue weighted by atomic mass is 19.4. The van der Waals surface area contributed by atoms with Crippen LogP contribution >= 0.6 is 0 Å². The third kappa shape index (κ3) is 3.07. The molecule has 0 atom stereocenters. The van der Waals surface area contributed by atoms with Crippen LogP contribution in [-0.2, 0) is 19.1 Å². The first-order valence-electron chi connectivity index (χ1n) is 6.12. The lowest BCUT2D eigenvalue weighted by Crippen LogP contribution is -2.14. The molecule has 0 unspecified atom stereocenters. The van der Waals surface area contributed by atoms with Crippen LogP contribution in [0.25, 0.3) is 0 Å². The predicted molar refractivity (Wildman–Crippen MR) is 67.4 cm³/mol. The largest absolute Gasteiger partial charge is 0.417 e. The van der Waals surface area contributed by atoms with Gasteiger partial charge in [0.2, 0.25) is 0 Å². The van der Waals surface area contributed by atoms with Crippen molar-refractivity contribution in [3.63, 3.8) is 0 Å². The van der Waals surface area contributed by atoms with Crippen molar-refractivity contribution in [3.8, 4) is 0 Å². The highest BCUT2D eigenvalue weighted by Gasteiger charge is 2.34. The van der Waals surface area contributed by atoms with E-state index in [0.29, 0.717) is 12.1 Å². The van der Waals surface area contributed by atoms with E-state index in [2.05, 4.69) is 5.10 Å². The van der Waals surface area contributed by atoms with Gasteiger partial charge >= 0.3 is 6.18 Å². The topological polar surface area (TPSA) is 34.9 Å². The monoisotopic (exact) mass is 282 g/mol. The quantitative estimate of drug-likeness (QED) is 0.806. The van der Waals surface area contributed by atoms with Crippen molar-refractivity contribution < 1.29 is 18.0 Å². The van der Waals surface area contributed by atoms with Gasteiger partial charge in [-0.05, 0) is 18.6 Å². The van der Waals surface area contributed by atoms with E-state index in [0.717, 1.165) is 6.07 Å². The minimum Gasteiger partial charge on any atom is -0.294 e. The molecule has 0 N–H and O–H groups in total. The van der Waals surface area contributed by atoms with Crippen molar-refractivity contribution in [2.24, 2.45) is 0 Å². The fourth-order valence-electron chi connectivity index (χ4n) is 1.92. The SMILES string of the molecule is CCn1cc(CC(=O)c2ccccc2C(F)(F)F)cn1. The van der Waals surface area contributed by atoms with Crippen molar-refractivity contribution in [1.29, 1.82) is 0 Å². The van der Waals surface area contributed by atoms with Gasteiger partial charge in [-0.3, -0.25) is 9.48 Å². The van der Waals surface area contributed by atoms with Crippen LogP contribution < -0.4 is 0 Å². The summed E-state index contributed by atoms with van der Waals surface area (Å²) < 4.78 is 40.1. The molecular formula is C14H13F3N2O. The van der Waals surface area contributed by atoms with Crippen molar-refractivity contribution in [2.75, 3.05) is 0 Å². The van der Waals surface area contributed by atoms with Crippen molar-refractivity contribution in [1.82, 2.24) is 9.78 Å². The molecule has 0 saturated heterocycles. The average molecular weight is 282 g/mol. The van der Waals surface area contributed by atoms with Crippen LogP contribution in [0.5, 0.6) is 0 Å². The van der Waals surface area contributed by atoms with Gasteiger partial charge in [0.25, 0.3) is 0 Å². The van der Waals surface area contributed by atoms with Crippen LogP contribution in [0.1, 0.15) is 28.4 Å². The first kappa shape index (κ1) is 14.3. The average Bonchev–Trinajstić information content (AvgIpc) is 2.85. The Kier molecular flexibility index (Phi) is 3.92. The Morgan fingerprint density at radius 1 is 1.30 bits per heavy atom. The maximum Gasteiger partial charge on any atom is 0.417 e. The number of ketones is 1. The number of hydrogen-bond donors (Lipinski definition) is 0. The zero-order chi connectivity index (χ0) is 14.8. The van der Waals surface area contributed by atoms with Crippen LogP contribution in [0, 0.1) is 0 Å². The second-order valence-corrected chi connectivity index (χ2v) is 4.35. The van der Waals surface area contributed by atoms with Gasteiger partial charge in [-0.2, -0.15) is 18.3 Å². The molecule has 20 heavy (non-hydrogen) atoms. The molecule has 6 heteroatoms. The van der Waals surface area contributed by atoms with Crippen molar-refractivity contribution in [3.05, 3.63) is 53.3 Å². The number of aryl methyl sites for hydroxylation is 1. The number of rotatable bonds is 4. The second-order valence-electron chi connectivity index (χ2n) is 4.35. The molecule has 2 aromatic rings. The van der Waals surface area contributed by atoms with Crippen LogP contribution in [0.3, 0.4) is 0 Å². The van der Waals surface area contributed by atoms with Gasteiger partial charge in [-0.1, -0.05) is 18.2 Å². The minimum absolute atomic E-state index is 0.0902. The molecule has 1 heterocycles. The zero-order valence-electron chi connectivity index (χ0n) is 10.8. The molecule has 0 saturated carbocycles. The number of aromatic nitrogens is 2. The van der Waals surface area contributed by atoms with E-state index in [1.165, 1.54) is 24.4 Å². The maximum absolute atomic E-state index is 12.8. The van der Waals surface area contributed by atoms with E-state index in [1.807, 2.05) is 6.92 Å². The summed E-state index contributed by atoms with van der Waals surface area (Å²) in [4.78, 5) is 12.0. The van der Waals surface area contributed by atoms with Gasteiger partial charge in [0.15, 0.2) is 5.78 Å². The summed E-state index contributed by atoms with van der Waals surface area (Å²) in [6, 6.07) is 4.82. The van der Waals surface area contributed by atoms with Gasteiger partial charge in [0.05, 0.1) is 11.8 Å². The summed E-state index contributed by atoms with van der Waals surface area (Å²) >= 11 is 0. The molecular weight excluding hydrogens is 269 g/mol. The van der Waals surface area contributed by atoms with Crippen LogP contribution in [-0.4, -0.2) is 15.6 Å². The number of carbonyl (C=O) groups excluding carboxylic acids is 1. The fourth-order valence-corrected chi connectivity index (χ4v) is 1.92. The first-order valence-corrected chi connectivity index (χ1v) is 6.12. The van der Waals surface area contributed by atoms with E-state index in [4.69, 9.17) is 0 Å². The summed E-state index contributed by atoms with van der Waals surface area (Å²) in [6.45, 7) is 2.53. The van der Waals surface area contributed by atoms with Crippen LogP contribution in [0.4, 0.5) is 13.2 Å². The summed E-state index contributed by atoms with van der Waals surface area (Å²) in [7, 11) is 0. The summed E-state index contributed by atoms with van der Waals surface area (Å²) in [5.41, 5.74) is -0.592. The maximum atomic E-state index is 12.8. The third-order valence-corrected chi connectivity index (χ3v) is 2.91. The van der Waals surface area contributed by atoms with Crippen molar-refractivity contribution in [2.45, 2.75) is 26.1 Å². The lowest BCUT2D eigenvalue weighted by Gasteiger charge is -2.11. The third-order valence-electron chi connectivity index (χ3n) is 2.91. The molecule has 0 bridgehead atoms. The highest BCUT2D eigenvalue weighted by Crippen LogP contribution is 2.32. The predicted octanol–water partition coefficient (Wildman–Crippen LogP) is 3.35. The minimum atomic E-state index is -4.53. The molecule has 0 aliphatic carbocycles. The Labute approximate surface area is 114 Å². The molecule has 0 aliphatic heterocycles. The molecule has 106 valence electrons. The van der Waals surface area contributed by atoms with E-state index in [1.54, 1.807) is 10.9 Å². The van der Waals surface area contributed by atoms with Gasteiger partial charge in [-0.15, -0.1) is 0 Å². The number of halogens is 3. The Balaban J connectivity index is 2.25. The molecule has 0 amide bonds. The van der Waals surface area contributed by atoms with E-state index >= 15 is 0 Å². The lowest BCUT2D eigenvalue weighted by molar-refractivity contribution is -0.137. The number of nitrogens with zero attached hydrogens (tertiary/aromatic N) is 2. The van der Waals surface area contributed by atoms with Crippen LogP contribution in [0.2, 0.25) is 0 Å². The second kappa shape index (κ2) is 5.48. The number of hydrogen-bond acceptors (Lipinski definition) is 2. The molecule has 3 nitrogen and oxygen atoms in total. The van der Waals surface area contributed by atoms with E-state index in [-0.39, 0.29) is 12.0 Å². The normalized spacial score (nSPS) is 11.6. The first-order chi connectivity index (χ1) is 9.41. The molecule has 1 aromatic carbocycles. The van der Waals surface area contributed by atoms with Gasteiger partial charge in [0.1, 0.15) is 0 Å². The fraction of sp³-hybridized carbons (Fsp3) is 0.286. The van der Waals surface area contributed by atoms with Crippen LogP contribution in [0.15, 0.2) is 36.7 Å². The number of Topliss-reactive ketones (excluding diaryl/α,β-unsaturated/α-hetero) is 1. The molecule has 1 aromatic heterocycles. The zero-order valence-corrected chi connectivity index (χ0v) is 10.8. The molecule has 0 spiro atoms. The highest BCUT2D eigenvalue weighted by molar-refractivity contribution is 5.98.